The van der Waals surface area contributed by atoms with Gasteiger partial charge in [-0.2, -0.15) is 0 Å². The molecule has 2 heterocycles. The summed E-state index contributed by atoms with van der Waals surface area (Å²) in [5.74, 6) is -1.76. The number of β-lactam (4-membered cyclic amide) rings is 1. The molecule has 2 aliphatic heterocycles. The van der Waals surface area contributed by atoms with Crippen molar-refractivity contribution in [2.45, 2.75) is 36.1 Å². The van der Waals surface area contributed by atoms with E-state index in [4.69, 9.17) is 4.74 Å². The van der Waals surface area contributed by atoms with Crippen molar-refractivity contribution in [3.05, 3.63) is 30.3 Å². The van der Waals surface area contributed by atoms with E-state index >= 15 is 0 Å². The molecule has 8 nitrogen and oxygen atoms in total. The third-order valence-corrected chi connectivity index (χ3v) is 6.62. The Morgan fingerprint density at radius 1 is 1.32 bits per heavy atom. The Labute approximate surface area is 146 Å². The molecule has 0 aliphatic carbocycles. The molecule has 1 aromatic rings. The predicted octanol–water partition coefficient (Wildman–Crippen LogP) is -0.287. The summed E-state index contributed by atoms with van der Waals surface area (Å²) in [6.45, 7) is 2.80. The summed E-state index contributed by atoms with van der Waals surface area (Å²) in [5, 5.41) is 11.0. The summed E-state index contributed by atoms with van der Waals surface area (Å²) in [6, 6.07) is 6.55. The molecule has 2 amide bonds. The highest BCUT2D eigenvalue weighted by molar-refractivity contribution is 7.87. The maximum atomic E-state index is 12.6. The van der Waals surface area contributed by atoms with Gasteiger partial charge in [-0.25, -0.2) is 4.79 Å². The number of hydrogen-bond donors (Lipinski definition) is 2. The second kappa shape index (κ2) is 6.14. The van der Waals surface area contributed by atoms with E-state index in [-0.39, 0.29) is 6.61 Å². The van der Waals surface area contributed by atoms with Gasteiger partial charge in [0, 0.05) is 0 Å². The fourth-order valence-electron chi connectivity index (χ4n) is 3.17. The average molecular weight is 366 g/mol. The minimum atomic E-state index is -1.61. The van der Waals surface area contributed by atoms with E-state index in [0.717, 1.165) is 4.90 Å². The number of nitrogens with zero attached hydrogens (tertiary/aromatic N) is 1. The number of benzene rings is 1. The van der Waals surface area contributed by atoms with Crippen LogP contribution in [-0.4, -0.2) is 60.8 Å². The summed E-state index contributed by atoms with van der Waals surface area (Å²) in [6.07, 6.45) is 0. The molecule has 1 aromatic carbocycles. The van der Waals surface area contributed by atoms with Gasteiger partial charge >= 0.3 is 5.97 Å². The standard InChI is InChI=1S/C16H18N2O6S/c1-16(2)12(15(21)22)18-13(20)11(14(18)25(16)23)17-10(19)8-24-9-6-4-3-5-7-9/h3-7,11-12,14H,8H2,1-2H3,(H,17,19)(H,21,22)/t11-,12+,14+,25?/m1/s1. The number of rotatable bonds is 5. The second-order valence-corrected chi connectivity index (χ2v) is 8.55. The van der Waals surface area contributed by atoms with Gasteiger partial charge in [0.15, 0.2) is 6.61 Å². The van der Waals surface area contributed by atoms with E-state index in [1.165, 1.54) is 0 Å². The summed E-state index contributed by atoms with van der Waals surface area (Å²) in [5.41, 5.74) is 0. The molecule has 4 atom stereocenters. The smallest absolute Gasteiger partial charge is 0.328 e. The lowest BCUT2D eigenvalue weighted by molar-refractivity contribution is -0.161. The van der Waals surface area contributed by atoms with Crippen LogP contribution in [0.4, 0.5) is 0 Å². The lowest BCUT2D eigenvalue weighted by Gasteiger charge is -2.42. The molecule has 0 bridgehead atoms. The molecule has 3 rings (SSSR count). The quantitative estimate of drug-likeness (QED) is 0.693. The summed E-state index contributed by atoms with van der Waals surface area (Å²) < 4.78 is 16.8. The normalized spacial score (nSPS) is 29.5. The van der Waals surface area contributed by atoms with Gasteiger partial charge in [0.1, 0.15) is 23.2 Å². The lowest BCUT2D eigenvalue weighted by Crippen LogP contribution is -2.71. The number of para-hydroxylation sites is 1. The maximum Gasteiger partial charge on any atom is 0.328 e. The van der Waals surface area contributed by atoms with Crippen LogP contribution in [-0.2, 0) is 25.2 Å². The number of carbonyl (C=O) groups excluding carboxylic acids is 2. The number of nitrogens with one attached hydrogen (secondary N) is 1. The number of ether oxygens (including phenoxy) is 1. The van der Waals surface area contributed by atoms with Crippen LogP contribution in [0.5, 0.6) is 5.75 Å². The molecule has 2 fully saturated rings. The monoisotopic (exact) mass is 366 g/mol. The van der Waals surface area contributed by atoms with Crippen molar-refractivity contribution in [2.75, 3.05) is 6.61 Å². The first-order valence-corrected chi connectivity index (χ1v) is 8.89. The van der Waals surface area contributed by atoms with Gasteiger partial charge in [-0.05, 0) is 26.0 Å². The highest BCUT2D eigenvalue weighted by Crippen LogP contribution is 2.43. The first-order valence-electron chi connectivity index (χ1n) is 7.68. The number of carboxylic acid groups (broad SMARTS) is 1. The average Bonchev–Trinajstić information content (AvgIpc) is 2.76. The molecule has 2 saturated heterocycles. The van der Waals surface area contributed by atoms with Crippen molar-refractivity contribution < 1.29 is 28.4 Å². The molecule has 0 saturated carbocycles. The van der Waals surface area contributed by atoms with Crippen LogP contribution in [0, 0.1) is 0 Å². The molecule has 2 N–H and O–H groups in total. The third kappa shape index (κ3) is 2.78. The fourth-order valence-corrected chi connectivity index (χ4v) is 5.09. The van der Waals surface area contributed by atoms with E-state index in [1.54, 1.807) is 38.1 Å². The number of aliphatic carboxylic acids is 1. The van der Waals surface area contributed by atoms with Crippen LogP contribution >= 0.6 is 0 Å². The van der Waals surface area contributed by atoms with Gasteiger partial charge in [0.05, 0.1) is 15.5 Å². The lowest BCUT2D eigenvalue weighted by atomic mass is 9.96. The molecule has 1 unspecified atom stereocenters. The number of carboxylic acids is 1. The molecular formula is C16H18N2O6S. The topological polar surface area (TPSA) is 113 Å². The van der Waals surface area contributed by atoms with E-state index in [9.17, 15) is 23.7 Å². The summed E-state index contributed by atoms with van der Waals surface area (Å²) in [4.78, 5) is 36.8. The minimum Gasteiger partial charge on any atom is -0.484 e. The van der Waals surface area contributed by atoms with Crippen molar-refractivity contribution in [1.82, 2.24) is 10.2 Å². The van der Waals surface area contributed by atoms with Crippen molar-refractivity contribution in [2.24, 2.45) is 0 Å². The summed E-state index contributed by atoms with van der Waals surface area (Å²) >= 11 is 0. The fraction of sp³-hybridized carbons (Fsp3) is 0.438. The van der Waals surface area contributed by atoms with Crippen LogP contribution in [0.25, 0.3) is 0 Å². The first kappa shape index (κ1) is 17.4. The Hall–Kier alpha value is -2.42. The van der Waals surface area contributed by atoms with Crippen LogP contribution < -0.4 is 10.1 Å². The van der Waals surface area contributed by atoms with Gasteiger partial charge in [-0.1, -0.05) is 18.2 Å². The zero-order valence-corrected chi connectivity index (χ0v) is 14.5. The Morgan fingerprint density at radius 2 is 1.96 bits per heavy atom. The van der Waals surface area contributed by atoms with Gasteiger partial charge in [-0.15, -0.1) is 0 Å². The van der Waals surface area contributed by atoms with Crippen molar-refractivity contribution in [3.8, 4) is 5.75 Å². The minimum absolute atomic E-state index is 0.293. The number of fused-ring (bicyclic) bond motifs is 1. The number of hydrogen-bond acceptors (Lipinski definition) is 5. The summed E-state index contributed by atoms with van der Waals surface area (Å²) in [7, 11) is -1.61. The molecule has 25 heavy (non-hydrogen) atoms. The first-order chi connectivity index (χ1) is 11.7. The van der Waals surface area contributed by atoms with E-state index < -0.39 is 50.8 Å². The van der Waals surface area contributed by atoms with Crippen molar-refractivity contribution in [1.29, 1.82) is 0 Å². The molecule has 9 heteroatoms. The Kier molecular flexibility index (Phi) is 4.28. The van der Waals surface area contributed by atoms with Crippen LogP contribution in [0.15, 0.2) is 30.3 Å². The van der Waals surface area contributed by atoms with E-state index in [0.29, 0.717) is 5.75 Å². The molecule has 0 radical (unpaired) electrons. The second-order valence-electron chi connectivity index (χ2n) is 6.42. The highest BCUT2D eigenvalue weighted by Gasteiger charge is 2.68. The predicted molar refractivity (Wildman–Crippen MR) is 88.1 cm³/mol. The maximum absolute atomic E-state index is 12.6. The van der Waals surface area contributed by atoms with Crippen LogP contribution in [0.3, 0.4) is 0 Å². The molecule has 134 valence electrons. The third-order valence-electron chi connectivity index (χ3n) is 4.42. The zero-order valence-electron chi connectivity index (χ0n) is 13.7. The highest BCUT2D eigenvalue weighted by atomic mass is 32.2. The Morgan fingerprint density at radius 3 is 2.56 bits per heavy atom. The Bertz CT molecular complexity index is 750. The zero-order chi connectivity index (χ0) is 18.4. The van der Waals surface area contributed by atoms with Gasteiger partial charge in [0.2, 0.25) is 5.91 Å². The van der Waals surface area contributed by atoms with Crippen molar-refractivity contribution in [3.63, 3.8) is 0 Å². The SMILES string of the molecule is CC1(C)[C@H](C(=O)O)N2C(=O)[C@@H](NC(=O)COc3ccccc3)[C@@H]2S1=O. The largest absolute Gasteiger partial charge is 0.484 e. The van der Waals surface area contributed by atoms with Gasteiger partial charge in [0.25, 0.3) is 5.91 Å². The van der Waals surface area contributed by atoms with E-state index in [2.05, 4.69) is 5.32 Å². The molecular weight excluding hydrogens is 348 g/mol. The van der Waals surface area contributed by atoms with E-state index in [1.807, 2.05) is 6.07 Å². The Balaban J connectivity index is 1.65. The van der Waals surface area contributed by atoms with Crippen LogP contribution in [0.1, 0.15) is 13.8 Å². The molecule has 2 aliphatic rings. The number of amides is 2. The van der Waals surface area contributed by atoms with Gasteiger partial charge in [-0.3, -0.25) is 13.8 Å². The van der Waals surface area contributed by atoms with Crippen molar-refractivity contribution >= 4 is 28.6 Å². The molecule has 0 aromatic heterocycles. The van der Waals surface area contributed by atoms with Gasteiger partial charge < -0.3 is 20.1 Å². The van der Waals surface area contributed by atoms with Crippen LogP contribution in [0.2, 0.25) is 0 Å². The molecule has 0 spiro atoms. The number of carbonyl (C=O) groups is 3.